The minimum atomic E-state index is -0.512. The van der Waals surface area contributed by atoms with E-state index in [4.69, 9.17) is 0 Å². The summed E-state index contributed by atoms with van der Waals surface area (Å²) in [6.07, 6.45) is 2.10. The third kappa shape index (κ3) is 2.87. The molecule has 3 rings (SSSR count). The molecule has 1 fully saturated rings. The van der Waals surface area contributed by atoms with Crippen LogP contribution in [0.5, 0.6) is 0 Å². The summed E-state index contributed by atoms with van der Waals surface area (Å²) in [6, 6.07) is 5.75. The summed E-state index contributed by atoms with van der Waals surface area (Å²) in [5.41, 5.74) is 2.05. The lowest BCUT2D eigenvalue weighted by Crippen LogP contribution is -3.12. The van der Waals surface area contributed by atoms with E-state index in [2.05, 4.69) is 5.32 Å². The first-order chi connectivity index (χ1) is 10.5. The molecule has 1 aliphatic carbocycles. The van der Waals surface area contributed by atoms with Crippen molar-refractivity contribution in [2.45, 2.75) is 25.8 Å². The van der Waals surface area contributed by atoms with Gasteiger partial charge in [-0.15, -0.1) is 0 Å². The molecule has 0 bridgehead atoms. The smallest absolute Gasteiger partial charge is 0.303 e. The van der Waals surface area contributed by atoms with Gasteiger partial charge < -0.3 is 10.2 Å². The summed E-state index contributed by atoms with van der Waals surface area (Å²) < 4.78 is 0. The van der Waals surface area contributed by atoms with Crippen LogP contribution in [0.3, 0.4) is 0 Å². The lowest BCUT2D eigenvalue weighted by Gasteiger charge is -2.21. The topological polar surface area (TPSA) is 70.9 Å². The molecular weight excluding hydrogens is 282 g/mol. The van der Waals surface area contributed by atoms with Gasteiger partial charge in [0.25, 0.3) is 11.7 Å². The number of carbonyl (C=O) groups excluding carboxylic acids is 3. The van der Waals surface area contributed by atoms with Crippen LogP contribution in [0.4, 0.5) is 5.69 Å². The third-order valence-corrected chi connectivity index (χ3v) is 3.96. The van der Waals surface area contributed by atoms with E-state index < -0.39 is 11.7 Å². The van der Waals surface area contributed by atoms with E-state index in [1.807, 2.05) is 20.0 Å². The Bertz CT molecular complexity index is 652. The Hall–Kier alpha value is -2.21. The lowest BCUT2D eigenvalue weighted by molar-refractivity contribution is -0.869. The van der Waals surface area contributed by atoms with Crippen LogP contribution in [-0.2, 0) is 9.59 Å². The molecule has 0 aromatic heterocycles. The van der Waals surface area contributed by atoms with E-state index in [0.717, 1.165) is 23.3 Å². The second kappa shape index (κ2) is 5.53. The number of likely N-dealkylation sites (N-methyl/N-ethyl adjacent to an activating group) is 1. The molecule has 1 aromatic carbocycles. The zero-order valence-electron chi connectivity index (χ0n) is 12.8. The van der Waals surface area contributed by atoms with Gasteiger partial charge in [0.2, 0.25) is 0 Å². The van der Waals surface area contributed by atoms with E-state index >= 15 is 0 Å². The second-order valence-corrected chi connectivity index (χ2v) is 6.22. The molecule has 1 saturated carbocycles. The predicted octanol–water partition coefficient (Wildman–Crippen LogP) is -0.725. The van der Waals surface area contributed by atoms with Crippen molar-refractivity contribution in [1.82, 2.24) is 5.32 Å². The molecule has 1 aliphatic heterocycles. The fourth-order valence-corrected chi connectivity index (χ4v) is 2.68. The van der Waals surface area contributed by atoms with Gasteiger partial charge in [0, 0.05) is 6.04 Å². The van der Waals surface area contributed by atoms with Crippen LogP contribution in [0, 0.1) is 6.92 Å². The molecule has 1 unspecified atom stereocenters. The van der Waals surface area contributed by atoms with E-state index in [1.165, 1.54) is 4.90 Å². The molecule has 2 aliphatic rings. The predicted molar refractivity (Wildman–Crippen MR) is 80.8 cm³/mol. The van der Waals surface area contributed by atoms with Crippen LogP contribution in [0.1, 0.15) is 28.8 Å². The summed E-state index contributed by atoms with van der Waals surface area (Å²) in [4.78, 5) is 38.3. The fraction of sp³-hybridized carbons (Fsp3) is 0.438. The van der Waals surface area contributed by atoms with Gasteiger partial charge in [-0.25, -0.2) is 0 Å². The Morgan fingerprint density at radius 1 is 1.36 bits per heavy atom. The van der Waals surface area contributed by atoms with Crippen molar-refractivity contribution in [2.24, 2.45) is 0 Å². The van der Waals surface area contributed by atoms with Crippen LogP contribution in [0.25, 0.3) is 0 Å². The van der Waals surface area contributed by atoms with Crippen molar-refractivity contribution in [2.75, 3.05) is 25.2 Å². The van der Waals surface area contributed by atoms with Crippen LogP contribution in [-0.4, -0.2) is 43.9 Å². The Balaban J connectivity index is 1.68. The number of amides is 2. The van der Waals surface area contributed by atoms with Crippen molar-refractivity contribution in [3.63, 3.8) is 0 Å². The number of Topliss-reactive ketones (excluding diaryl/α,β-unsaturated/α-hetero) is 1. The zero-order chi connectivity index (χ0) is 15.9. The van der Waals surface area contributed by atoms with Gasteiger partial charge in [-0.05, 0) is 31.9 Å². The normalized spacial score (nSPS) is 18.4. The average molecular weight is 302 g/mol. The Kier molecular flexibility index (Phi) is 3.70. The third-order valence-electron chi connectivity index (χ3n) is 3.96. The van der Waals surface area contributed by atoms with Crippen molar-refractivity contribution < 1.29 is 19.3 Å². The van der Waals surface area contributed by atoms with Crippen LogP contribution in [0.15, 0.2) is 18.2 Å². The number of benzene rings is 1. The maximum Gasteiger partial charge on any atom is 0.303 e. The zero-order valence-corrected chi connectivity index (χ0v) is 12.8. The first-order valence-electron chi connectivity index (χ1n) is 7.53. The Morgan fingerprint density at radius 2 is 2.09 bits per heavy atom. The van der Waals surface area contributed by atoms with Crippen molar-refractivity contribution >= 4 is 23.3 Å². The number of anilines is 1. The summed E-state index contributed by atoms with van der Waals surface area (Å²) in [6.45, 7) is 2.48. The fourth-order valence-electron chi connectivity index (χ4n) is 2.68. The molecule has 0 radical (unpaired) electrons. The maximum absolute atomic E-state index is 12.1. The summed E-state index contributed by atoms with van der Waals surface area (Å²) in [7, 11) is 1.84. The van der Waals surface area contributed by atoms with Crippen LogP contribution in [0.2, 0.25) is 0 Å². The largest absolute Gasteiger partial charge is 0.348 e. The number of hydrogen-bond donors (Lipinski definition) is 2. The first-order valence-corrected chi connectivity index (χ1v) is 7.53. The summed E-state index contributed by atoms with van der Waals surface area (Å²) in [5, 5.41) is 2.93. The SMILES string of the molecule is Cc1ccc2c(c1)C(=O)C(=O)N2C[NH+](C)CC(=O)NC1CC1. The van der Waals surface area contributed by atoms with Gasteiger partial charge in [-0.2, -0.15) is 0 Å². The van der Waals surface area contributed by atoms with Gasteiger partial charge in [0.1, 0.15) is 0 Å². The van der Waals surface area contributed by atoms with Crippen LogP contribution >= 0.6 is 0 Å². The molecule has 1 atom stereocenters. The van der Waals surface area contributed by atoms with Gasteiger partial charge in [-0.3, -0.25) is 19.3 Å². The molecule has 1 aromatic rings. The van der Waals surface area contributed by atoms with E-state index in [1.54, 1.807) is 12.1 Å². The highest BCUT2D eigenvalue weighted by atomic mass is 16.2. The number of aryl methyl sites for hydroxylation is 1. The minimum Gasteiger partial charge on any atom is -0.348 e. The molecule has 0 spiro atoms. The Morgan fingerprint density at radius 3 is 2.77 bits per heavy atom. The van der Waals surface area contributed by atoms with Gasteiger partial charge in [-0.1, -0.05) is 11.6 Å². The number of nitrogens with zero attached hydrogens (tertiary/aromatic N) is 1. The molecule has 2 N–H and O–H groups in total. The number of fused-ring (bicyclic) bond motifs is 1. The number of carbonyl (C=O) groups is 3. The monoisotopic (exact) mass is 302 g/mol. The van der Waals surface area contributed by atoms with E-state index in [-0.39, 0.29) is 12.5 Å². The van der Waals surface area contributed by atoms with Crippen LogP contribution < -0.4 is 15.1 Å². The first kappa shape index (κ1) is 14.7. The average Bonchev–Trinajstić information content (AvgIpc) is 3.23. The van der Waals surface area contributed by atoms with Gasteiger partial charge in [0.05, 0.1) is 18.3 Å². The summed E-state index contributed by atoms with van der Waals surface area (Å²) in [5.74, 6) is -0.987. The lowest BCUT2D eigenvalue weighted by atomic mass is 10.1. The highest BCUT2D eigenvalue weighted by Gasteiger charge is 2.37. The number of quaternary nitrogens is 1. The molecule has 6 heteroatoms. The molecule has 2 amide bonds. The van der Waals surface area contributed by atoms with Gasteiger partial charge >= 0.3 is 5.91 Å². The second-order valence-electron chi connectivity index (χ2n) is 6.22. The molecular formula is C16H20N3O3+. The summed E-state index contributed by atoms with van der Waals surface area (Å²) >= 11 is 0. The number of ketones is 1. The molecule has 0 saturated heterocycles. The van der Waals surface area contributed by atoms with Crippen molar-refractivity contribution in [3.8, 4) is 0 Å². The highest BCUT2D eigenvalue weighted by Crippen LogP contribution is 2.28. The number of rotatable bonds is 5. The van der Waals surface area contributed by atoms with E-state index in [9.17, 15) is 14.4 Å². The van der Waals surface area contributed by atoms with Gasteiger partial charge in [0.15, 0.2) is 13.2 Å². The molecule has 1 heterocycles. The number of nitrogens with one attached hydrogen (secondary N) is 2. The number of hydrogen-bond acceptors (Lipinski definition) is 3. The van der Waals surface area contributed by atoms with E-state index in [0.29, 0.717) is 24.0 Å². The minimum absolute atomic E-state index is 0.0119. The van der Waals surface area contributed by atoms with Crippen molar-refractivity contribution in [3.05, 3.63) is 29.3 Å². The standard InChI is InChI=1S/C16H19N3O3/c1-10-3-6-13-12(7-10)15(21)16(22)19(13)9-18(2)8-14(20)17-11-4-5-11/h3,6-7,11H,4-5,8-9H2,1-2H3,(H,17,20)/p+1. The van der Waals surface area contributed by atoms with Crippen molar-refractivity contribution in [1.29, 1.82) is 0 Å². The quantitative estimate of drug-likeness (QED) is 0.705. The highest BCUT2D eigenvalue weighted by molar-refractivity contribution is 6.52. The Labute approximate surface area is 129 Å². The molecule has 6 nitrogen and oxygen atoms in total. The molecule has 116 valence electrons. The maximum atomic E-state index is 12.1. The molecule has 22 heavy (non-hydrogen) atoms.